The zero-order valence-corrected chi connectivity index (χ0v) is 22.9. The number of nitrogens with zero attached hydrogens (tertiary/aromatic N) is 1. The van der Waals surface area contributed by atoms with Gasteiger partial charge in [0.15, 0.2) is 0 Å². The van der Waals surface area contributed by atoms with Gasteiger partial charge in [-0.15, -0.1) is 0 Å². The molecule has 7 nitrogen and oxygen atoms in total. The monoisotopic (exact) mass is 467 g/mol. The topological polar surface area (TPSA) is 87.7 Å². The minimum Gasteiger partial charge on any atom is -0.463 e. The molecule has 0 aliphatic heterocycles. The number of amides is 2. The van der Waals surface area contributed by atoms with E-state index in [1.165, 1.54) is 0 Å². The molecule has 0 aromatic rings. The molecule has 0 aromatic carbocycles. The average molecular weight is 468 g/mol. The average Bonchev–Trinajstić information content (AvgIpc) is 2.77. The van der Waals surface area contributed by atoms with Crippen molar-refractivity contribution in [3.05, 3.63) is 11.6 Å². The minimum atomic E-state index is -0.723. The van der Waals surface area contributed by atoms with Crippen molar-refractivity contribution in [1.29, 1.82) is 0 Å². The second kappa shape index (κ2) is 14.4. The highest BCUT2D eigenvalue weighted by Crippen LogP contribution is 2.21. The van der Waals surface area contributed by atoms with Crippen LogP contribution in [0, 0.1) is 11.8 Å². The van der Waals surface area contributed by atoms with Gasteiger partial charge in [0.05, 0.1) is 18.2 Å². The van der Waals surface area contributed by atoms with Gasteiger partial charge < -0.3 is 20.3 Å². The summed E-state index contributed by atoms with van der Waals surface area (Å²) >= 11 is 0. The summed E-state index contributed by atoms with van der Waals surface area (Å²) in [6.45, 7) is 19.8. The van der Waals surface area contributed by atoms with E-state index in [1.54, 1.807) is 31.9 Å². The summed E-state index contributed by atoms with van der Waals surface area (Å²) in [7, 11) is 1.73. The van der Waals surface area contributed by atoms with E-state index in [1.807, 2.05) is 41.5 Å². The van der Waals surface area contributed by atoms with Crippen molar-refractivity contribution in [2.45, 2.75) is 112 Å². The molecule has 0 saturated carbocycles. The van der Waals surface area contributed by atoms with Crippen LogP contribution in [0.5, 0.6) is 0 Å². The van der Waals surface area contributed by atoms with Gasteiger partial charge >= 0.3 is 5.97 Å². The maximum Gasteiger partial charge on any atom is 0.333 e. The first-order chi connectivity index (χ1) is 15.3. The Morgan fingerprint density at radius 2 is 1.52 bits per heavy atom. The fourth-order valence-electron chi connectivity index (χ4n) is 3.89. The van der Waals surface area contributed by atoms with Gasteiger partial charge in [-0.3, -0.25) is 9.59 Å². The zero-order chi connectivity index (χ0) is 25.9. The molecule has 3 atom stereocenters. The van der Waals surface area contributed by atoms with Crippen LogP contribution >= 0.6 is 0 Å². The SMILES string of the molecule is CCOC(=O)/C(C)=C/[C@H](C(C)C)N(C)C(=O)[C@@H](NC(=O)C(CC)(CC)NC(C)CC)C(C)C. The zero-order valence-electron chi connectivity index (χ0n) is 22.9. The maximum atomic E-state index is 13.6. The predicted octanol–water partition coefficient (Wildman–Crippen LogP) is 4.07. The Kier molecular flexibility index (Phi) is 13.6. The van der Waals surface area contributed by atoms with E-state index < -0.39 is 11.6 Å². The number of hydrogen-bond donors (Lipinski definition) is 2. The molecule has 0 rings (SSSR count). The summed E-state index contributed by atoms with van der Waals surface area (Å²) in [5.74, 6) is -0.724. The number of hydrogen-bond acceptors (Lipinski definition) is 5. The van der Waals surface area contributed by atoms with Crippen LogP contribution in [0.1, 0.15) is 88.5 Å². The number of esters is 1. The lowest BCUT2D eigenvalue weighted by atomic mass is 9.89. The maximum absolute atomic E-state index is 13.6. The smallest absolute Gasteiger partial charge is 0.333 e. The molecule has 0 fully saturated rings. The molecule has 0 aromatic heterocycles. The van der Waals surface area contributed by atoms with E-state index in [0.29, 0.717) is 25.0 Å². The lowest BCUT2D eigenvalue weighted by Gasteiger charge is -2.38. The van der Waals surface area contributed by atoms with Crippen molar-refractivity contribution >= 4 is 17.8 Å². The van der Waals surface area contributed by atoms with Crippen LogP contribution < -0.4 is 10.6 Å². The molecule has 0 heterocycles. The number of likely N-dealkylation sites (N-methyl/N-ethyl adjacent to an activating group) is 1. The Labute approximate surface area is 202 Å². The van der Waals surface area contributed by atoms with Crippen LogP contribution in [-0.4, -0.2) is 60.0 Å². The van der Waals surface area contributed by atoms with Gasteiger partial charge in [-0.2, -0.15) is 0 Å². The predicted molar refractivity (Wildman–Crippen MR) is 135 cm³/mol. The van der Waals surface area contributed by atoms with Crippen LogP contribution in [-0.2, 0) is 19.1 Å². The van der Waals surface area contributed by atoms with Crippen LogP contribution in [0.25, 0.3) is 0 Å². The van der Waals surface area contributed by atoms with Gasteiger partial charge in [-0.25, -0.2) is 4.79 Å². The van der Waals surface area contributed by atoms with Gasteiger partial charge in [-0.05, 0) is 51.9 Å². The Bertz CT molecular complexity index is 668. The van der Waals surface area contributed by atoms with Crippen LogP contribution in [0.3, 0.4) is 0 Å². The van der Waals surface area contributed by atoms with Gasteiger partial charge in [-0.1, -0.05) is 54.5 Å². The van der Waals surface area contributed by atoms with Crippen molar-refractivity contribution in [2.24, 2.45) is 11.8 Å². The fourth-order valence-corrected chi connectivity index (χ4v) is 3.89. The van der Waals surface area contributed by atoms with Gasteiger partial charge in [0, 0.05) is 18.7 Å². The molecular formula is C26H49N3O4. The fraction of sp³-hybridized carbons (Fsp3) is 0.808. The lowest BCUT2D eigenvalue weighted by molar-refractivity contribution is -0.140. The molecule has 0 bridgehead atoms. The summed E-state index contributed by atoms with van der Waals surface area (Å²) < 4.78 is 5.09. The van der Waals surface area contributed by atoms with Crippen LogP contribution in [0.2, 0.25) is 0 Å². The van der Waals surface area contributed by atoms with E-state index >= 15 is 0 Å². The highest BCUT2D eigenvalue weighted by Gasteiger charge is 2.39. The molecule has 0 spiro atoms. The minimum absolute atomic E-state index is 0.0734. The van der Waals surface area contributed by atoms with Crippen molar-refractivity contribution in [1.82, 2.24) is 15.5 Å². The summed E-state index contributed by atoms with van der Waals surface area (Å²) in [5, 5.41) is 6.54. The Morgan fingerprint density at radius 3 is 1.91 bits per heavy atom. The molecule has 1 unspecified atom stereocenters. The van der Waals surface area contributed by atoms with Gasteiger partial charge in [0.25, 0.3) is 0 Å². The number of carbonyl (C=O) groups is 3. The van der Waals surface area contributed by atoms with Gasteiger partial charge in [0.2, 0.25) is 11.8 Å². The molecular weight excluding hydrogens is 418 g/mol. The molecule has 0 saturated heterocycles. The van der Waals surface area contributed by atoms with Crippen LogP contribution in [0.15, 0.2) is 11.6 Å². The number of carbonyl (C=O) groups excluding carboxylic acids is 3. The molecule has 192 valence electrons. The molecule has 33 heavy (non-hydrogen) atoms. The van der Waals surface area contributed by atoms with E-state index in [9.17, 15) is 14.4 Å². The second-order valence-corrected chi connectivity index (χ2v) is 9.69. The summed E-state index contributed by atoms with van der Waals surface area (Å²) in [6, 6.07) is -0.788. The molecule has 7 heteroatoms. The number of nitrogens with one attached hydrogen (secondary N) is 2. The third-order valence-corrected chi connectivity index (χ3v) is 6.49. The first kappa shape index (κ1) is 31.1. The Hall–Kier alpha value is -1.89. The summed E-state index contributed by atoms with van der Waals surface area (Å²) in [5.41, 5.74) is -0.256. The highest BCUT2D eigenvalue weighted by atomic mass is 16.5. The number of rotatable bonds is 14. The summed E-state index contributed by atoms with van der Waals surface area (Å²) in [6.07, 6.45) is 3.95. The highest BCUT2D eigenvalue weighted by molar-refractivity contribution is 5.92. The van der Waals surface area contributed by atoms with Gasteiger partial charge in [0.1, 0.15) is 6.04 Å². The lowest BCUT2D eigenvalue weighted by Crippen LogP contribution is -2.63. The first-order valence-corrected chi connectivity index (χ1v) is 12.5. The first-order valence-electron chi connectivity index (χ1n) is 12.5. The van der Waals surface area contributed by atoms with Crippen molar-refractivity contribution in [2.75, 3.05) is 13.7 Å². The third-order valence-electron chi connectivity index (χ3n) is 6.49. The standard InChI is InChI=1S/C26H49N3O4/c1-12-20(10)28-26(13-2,14-3)25(32)27-22(18(7)8)23(30)29(11)21(17(5)6)16-19(9)24(31)33-15-4/h16-18,20-22,28H,12-15H2,1-11H3,(H,27,32)/b19-16+/t20?,21-,22+/m1/s1. The number of ether oxygens (including phenoxy) is 1. The molecule has 2 amide bonds. The van der Waals surface area contributed by atoms with Crippen molar-refractivity contribution in [3.63, 3.8) is 0 Å². The normalized spacial score (nSPS) is 15.2. The molecule has 0 aliphatic carbocycles. The van der Waals surface area contributed by atoms with Crippen molar-refractivity contribution in [3.8, 4) is 0 Å². The molecule has 0 aliphatic rings. The third kappa shape index (κ3) is 8.76. The second-order valence-electron chi connectivity index (χ2n) is 9.69. The van der Waals surface area contributed by atoms with E-state index in [-0.39, 0.29) is 41.7 Å². The summed E-state index contributed by atoms with van der Waals surface area (Å²) in [4.78, 5) is 40.8. The Morgan fingerprint density at radius 1 is 0.970 bits per heavy atom. The van der Waals surface area contributed by atoms with E-state index in [0.717, 1.165) is 6.42 Å². The largest absolute Gasteiger partial charge is 0.463 e. The molecule has 0 radical (unpaired) electrons. The van der Waals surface area contributed by atoms with Crippen molar-refractivity contribution < 1.29 is 19.1 Å². The van der Waals surface area contributed by atoms with E-state index in [4.69, 9.17) is 4.74 Å². The molecule has 2 N–H and O–H groups in total. The quantitative estimate of drug-likeness (QED) is 0.297. The van der Waals surface area contributed by atoms with E-state index in [2.05, 4.69) is 24.5 Å². The van der Waals surface area contributed by atoms with Crippen LogP contribution in [0.4, 0.5) is 0 Å². The Balaban J connectivity index is 5.88.